The van der Waals surface area contributed by atoms with Gasteiger partial charge in [-0.3, -0.25) is 4.79 Å². The van der Waals surface area contributed by atoms with Gasteiger partial charge in [0.1, 0.15) is 6.29 Å². The molecule has 0 N–H and O–H groups in total. The van der Waals surface area contributed by atoms with E-state index in [0.29, 0.717) is 5.56 Å². The van der Waals surface area contributed by atoms with Crippen molar-refractivity contribution in [1.29, 1.82) is 0 Å². The second-order valence-corrected chi connectivity index (χ2v) is 6.90. The third kappa shape index (κ3) is 6.35. The highest BCUT2D eigenvalue weighted by atomic mass is 16.1. The summed E-state index contributed by atoms with van der Waals surface area (Å²) in [6.07, 6.45) is 4.10. The lowest BCUT2D eigenvalue weighted by molar-refractivity contribution is 0.112. The van der Waals surface area contributed by atoms with E-state index >= 15 is 0 Å². The van der Waals surface area contributed by atoms with Gasteiger partial charge < -0.3 is 4.90 Å². The number of aldehydes is 1. The first-order valence-electron chi connectivity index (χ1n) is 8.87. The fraction of sp³-hybridized carbons (Fsp3) is 0.500. The number of carbonyl (C=O) groups excluding carboxylic acids is 1. The Hall–Kier alpha value is -1.83. The molecule has 1 aromatic carbocycles. The molecular formula is C22H35NO. The molecule has 1 aromatic rings. The lowest BCUT2D eigenvalue weighted by Crippen LogP contribution is -2.24. The van der Waals surface area contributed by atoms with Crippen molar-refractivity contribution in [1.82, 2.24) is 4.90 Å². The van der Waals surface area contributed by atoms with E-state index in [4.69, 9.17) is 0 Å². The van der Waals surface area contributed by atoms with Gasteiger partial charge in [-0.05, 0) is 31.4 Å². The van der Waals surface area contributed by atoms with E-state index in [9.17, 15) is 4.79 Å². The molecule has 0 heterocycles. The summed E-state index contributed by atoms with van der Waals surface area (Å²) in [5.41, 5.74) is 5.91. The van der Waals surface area contributed by atoms with Crippen LogP contribution in [0.4, 0.5) is 0 Å². The Morgan fingerprint density at radius 2 is 1.58 bits per heavy atom. The van der Waals surface area contributed by atoms with Crippen molar-refractivity contribution in [3.63, 3.8) is 0 Å². The summed E-state index contributed by atoms with van der Waals surface area (Å²) in [5.74, 6) is 0. The van der Waals surface area contributed by atoms with Crippen molar-refractivity contribution in [2.24, 2.45) is 5.41 Å². The Morgan fingerprint density at radius 1 is 1.08 bits per heavy atom. The van der Waals surface area contributed by atoms with Gasteiger partial charge in [0.15, 0.2) is 0 Å². The van der Waals surface area contributed by atoms with Crippen LogP contribution in [0.1, 0.15) is 77.7 Å². The molecule has 134 valence electrons. The van der Waals surface area contributed by atoms with Crippen molar-refractivity contribution in [2.75, 3.05) is 7.05 Å². The highest BCUT2D eigenvalue weighted by molar-refractivity contribution is 5.76. The molecule has 0 aromatic heterocycles. The number of nitrogens with zero attached hydrogens (tertiary/aromatic N) is 1. The van der Waals surface area contributed by atoms with Gasteiger partial charge in [-0.1, -0.05) is 71.4 Å². The lowest BCUT2D eigenvalue weighted by atomic mass is 9.87. The van der Waals surface area contributed by atoms with Gasteiger partial charge in [-0.25, -0.2) is 0 Å². The van der Waals surface area contributed by atoms with Crippen molar-refractivity contribution in [3.8, 4) is 0 Å². The quantitative estimate of drug-likeness (QED) is 0.571. The van der Waals surface area contributed by atoms with Crippen molar-refractivity contribution < 1.29 is 4.79 Å². The van der Waals surface area contributed by atoms with Crippen LogP contribution in [0.3, 0.4) is 0 Å². The molecule has 0 aliphatic heterocycles. The zero-order valence-electron chi connectivity index (χ0n) is 17.0. The molecule has 0 saturated carbocycles. The summed E-state index contributed by atoms with van der Waals surface area (Å²) >= 11 is 0. The first kappa shape index (κ1) is 22.2. The molecule has 0 saturated heterocycles. The first-order chi connectivity index (χ1) is 11.2. The second-order valence-electron chi connectivity index (χ2n) is 6.90. The number of rotatable bonds is 5. The zero-order chi connectivity index (χ0) is 18.9. The smallest absolute Gasteiger partial charge is 0.150 e. The normalized spacial score (nSPS) is 12.8. The van der Waals surface area contributed by atoms with E-state index in [0.717, 1.165) is 18.3 Å². The molecule has 1 rings (SSSR count). The predicted octanol–water partition coefficient (Wildman–Crippen LogP) is 6.55. The van der Waals surface area contributed by atoms with Gasteiger partial charge in [0.05, 0.1) is 0 Å². The van der Waals surface area contributed by atoms with E-state index < -0.39 is 0 Å². The predicted molar refractivity (Wildman–Crippen MR) is 107 cm³/mol. The molecular weight excluding hydrogens is 294 g/mol. The summed E-state index contributed by atoms with van der Waals surface area (Å²) in [7, 11) is 2.11. The maximum Gasteiger partial charge on any atom is 0.150 e. The average Bonchev–Trinajstić information content (AvgIpc) is 2.55. The van der Waals surface area contributed by atoms with Gasteiger partial charge in [0.25, 0.3) is 0 Å². The average molecular weight is 330 g/mol. The van der Waals surface area contributed by atoms with E-state index in [1.165, 1.54) is 16.8 Å². The Kier molecular flexibility index (Phi) is 9.35. The molecule has 0 amide bonds. The van der Waals surface area contributed by atoms with Crippen LogP contribution in [-0.2, 0) is 0 Å². The third-order valence-corrected chi connectivity index (χ3v) is 3.89. The maximum atomic E-state index is 10.7. The summed E-state index contributed by atoms with van der Waals surface area (Å²) < 4.78 is 0. The standard InChI is InChI=1S/C20H29NO.C2H6/c1-8-15(2)19(20(4,5)6)21(7)13-16(3)18-11-9-17(14-22)10-12-18;1-2/h9-14H,8H2,1-7H3;1-2H3/b16-13+,19-15?;. The van der Waals surface area contributed by atoms with Crippen LogP contribution in [0.15, 0.2) is 41.7 Å². The van der Waals surface area contributed by atoms with Gasteiger partial charge in [0, 0.05) is 29.9 Å². The summed E-state index contributed by atoms with van der Waals surface area (Å²) in [4.78, 5) is 13.0. The van der Waals surface area contributed by atoms with E-state index in [1.54, 1.807) is 0 Å². The molecule has 0 radical (unpaired) electrons. The number of hydrogen-bond acceptors (Lipinski definition) is 2. The molecule has 0 aliphatic carbocycles. The molecule has 0 atom stereocenters. The number of hydrogen-bond donors (Lipinski definition) is 0. The highest BCUT2D eigenvalue weighted by Crippen LogP contribution is 2.32. The minimum Gasteiger partial charge on any atom is -0.354 e. The van der Waals surface area contributed by atoms with Crippen LogP contribution < -0.4 is 0 Å². The van der Waals surface area contributed by atoms with Gasteiger partial charge in [-0.2, -0.15) is 0 Å². The molecule has 0 spiro atoms. The van der Waals surface area contributed by atoms with Crippen molar-refractivity contribution in [3.05, 3.63) is 52.9 Å². The topological polar surface area (TPSA) is 20.3 Å². The fourth-order valence-electron chi connectivity index (χ4n) is 2.89. The zero-order valence-corrected chi connectivity index (χ0v) is 17.0. The van der Waals surface area contributed by atoms with E-state index in [1.807, 2.05) is 38.1 Å². The van der Waals surface area contributed by atoms with Gasteiger partial charge in [0.2, 0.25) is 0 Å². The SMILES string of the molecule is CC.CCC(C)=C(N(C)/C=C(\C)c1ccc(C=O)cc1)C(C)(C)C. The molecule has 0 fully saturated rings. The molecule has 2 nitrogen and oxygen atoms in total. The van der Waals surface area contributed by atoms with E-state index in [-0.39, 0.29) is 5.41 Å². The molecule has 2 heteroatoms. The van der Waals surface area contributed by atoms with E-state index in [2.05, 4.69) is 59.7 Å². The second kappa shape index (κ2) is 10.1. The van der Waals surface area contributed by atoms with Crippen molar-refractivity contribution >= 4 is 11.9 Å². The molecule has 24 heavy (non-hydrogen) atoms. The Balaban J connectivity index is 0.00000254. The van der Waals surface area contributed by atoms with Crippen LogP contribution in [0, 0.1) is 5.41 Å². The third-order valence-electron chi connectivity index (χ3n) is 3.89. The number of allylic oxidation sites excluding steroid dienone is 3. The minimum atomic E-state index is 0.104. The van der Waals surface area contributed by atoms with Gasteiger partial charge in [-0.15, -0.1) is 0 Å². The minimum absolute atomic E-state index is 0.104. The first-order valence-corrected chi connectivity index (χ1v) is 8.87. The molecule has 0 aliphatic rings. The summed E-state index contributed by atoms with van der Waals surface area (Å²) in [5, 5.41) is 0. The fourth-order valence-corrected chi connectivity index (χ4v) is 2.89. The van der Waals surface area contributed by atoms with Crippen LogP contribution in [0.2, 0.25) is 0 Å². The summed E-state index contributed by atoms with van der Waals surface area (Å²) in [6, 6.07) is 7.71. The Bertz CT molecular complexity index is 571. The number of benzene rings is 1. The Morgan fingerprint density at radius 3 is 1.96 bits per heavy atom. The number of carbonyl (C=O) groups is 1. The van der Waals surface area contributed by atoms with Crippen LogP contribution in [0.5, 0.6) is 0 Å². The molecule has 0 bridgehead atoms. The molecule has 0 unspecified atom stereocenters. The lowest BCUT2D eigenvalue weighted by Gasteiger charge is -2.33. The van der Waals surface area contributed by atoms with Crippen LogP contribution >= 0.6 is 0 Å². The highest BCUT2D eigenvalue weighted by Gasteiger charge is 2.22. The van der Waals surface area contributed by atoms with Crippen molar-refractivity contribution in [2.45, 2.75) is 61.8 Å². The van der Waals surface area contributed by atoms with Crippen LogP contribution in [0.25, 0.3) is 5.57 Å². The maximum absolute atomic E-state index is 10.7. The Labute approximate surface area is 149 Å². The largest absolute Gasteiger partial charge is 0.354 e. The summed E-state index contributed by atoms with van der Waals surface area (Å²) in [6.45, 7) is 17.3. The monoisotopic (exact) mass is 329 g/mol. The van der Waals surface area contributed by atoms with Gasteiger partial charge >= 0.3 is 0 Å². The van der Waals surface area contributed by atoms with Crippen LogP contribution in [-0.4, -0.2) is 18.2 Å².